The summed E-state index contributed by atoms with van der Waals surface area (Å²) in [5, 5.41) is 11.4. The molecule has 1 rings (SSSR count). The maximum Gasteiger partial charge on any atom is 0.303 e. The molecular weight excluding hydrogens is 256 g/mol. The molecule has 0 aromatic heterocycles. The zero-order chi connectivity index (χ0) is 15.2. The Labute approximate surface area is 119 Å². The molecule has 5 nitrogen and oxygen atoms in total. The van der Waals surface area contributed by atoms with E-state index in [4.69, 9.17) is 10.8 Å². The van der Waals surface area contributed by atoms with Gasteiger partial charge in [-0.3, -0.25) is 9.59 Å². The summed E-state index contributed by atoms with van der Waals surface area (Å²) in [5.74, 6) is -1.08. The molecule has 0 saturated carbocycles. The first-order chi connectivity index (χ1) is 9.34. The number of rotatable bonds is 7. The monoisotopic (exact) mass is 278 g/mol. The van der Waals surface area contributed by atoms with Crippen molar-refractivity contribution in [1.82, 2.24) is 5.32 Å². The molecule has 0 saturated heterocycles. The quantitative estimate of drug-likeness (QED) is 0.706. The number of carbonyl (C=O) groups excluding carboxylic acids is 1. The van der Waals surface area contributed by atoms with E-state index < -0.39 is 11.5 Å². The van der Waals surface area contributed by atoms with Crippen molar-refractivity contribution in [2.75, 3.05) is 0 Å². The number of carboxylic acid groups (broad SMARTS) is 1. The average molecular weight is 278 g/mol. The van der Waals surface area contributed by atoms with Gasteiger partial charge < -0.3 is 16.2 Å². The van der Waals surface area contributed by atoms with Crippen molar-refractivity contribution in [2.24, 2.45) is 5.73 Å². The number of hydrogen-bond donors (Lipinski definition) is 3. The van der Waals surface area contributed by atoms with Gasteiger partial charge in [0, 0.05) is 12.5 Å². The van der Waals surface area contributed by atoms with E-state index in [1.165, 1.54) is 0 Å². The van der Waals surface area contributed by atoms with Crippen molar-refractivity contribution >= 4 is 11.9 Å². The van der Waals surface area contributed by atoms with Crippen LogP contribution >= 0.6 is 0 Å². The Hall–Kier alpha value is -1.88. The fourth-order valence-electron chi connectivity index (χ4n) is 1.92. The fourth-order valence-corrected chi connectivity index (χ4v) is 1.92. The van der Waals surface area contributed by atoms with E-state index in [1.807, 2.05) is 37.3 Å². The van der Waals surface area contributed by atoms with Crippen LogP contribution in [0.15, 0.2) is 30.3 Å². The molecule has 0 radical (unpaired) electrons. The topological polar surface area (TPSA) is 92.4 Å². The highest BCUT2D eigenvalue weighted by Gasteiger charge is 2.30. The van der Waals surface area contributed by atoms with Gasteiger partial charge in [-0.25, -0.2) is 0 Å². The van der Waals surface area contributed by atoms with E-state index >= 15 is 0 Å². The Bertz CT molecular complexity index is 457. The van der Waals surface area contributed by atoms with Gasteiger partial charge >= 0.3 is 5.97 Å². The van der Waals surface area contributed by atoms with Crippen LogP contribution in [-0.2, 0) is 15.1 Å². The van der Waals surface area contributed by atoms with Crippen LogP contribution in [0.2, 0.25) is 0 Å². The van der Waals surface area contributed by atoms with Crippen molar-refractivity contribution in [3.63, 3.8) is 0 Å². The summed E-state index contributed by atoms with van der Waals surface area (Å²) < 4.78 is 0. The molecule has 0 bridgehead atoms. The van der Waals surface area contributed by atoms with E-state index in [9.17, 15) is 9.59 Å². The fraction of sp³-hybridized carbons (Fsp3) is 0.467. The van der Waals surface area contributed by atoms with Crippen molar-refractivity contribution in [2.45, 2.75) is 44.7 Å². The van der Waals surface area contributed by atoms with Gasteiger partial charge in [-0.1, -0.05) is 30.3 Å². The summed E-state index contributed by atoms with van der Waals surface area (Å²) in [6, 6.07) is 9.07. The maximum absolute atomic E-state index is 12.2. The molecule has 1 aromatic carbocycles. The Balaban J connectivity index is 2.55. The molecular formula is C15H22N2O3. The molecule has 5 heteroatoms. The predicted molar refractivity (Wildman–Crippen MR) is 77.1 cm³/mol. The molecule has 0 fully saturated rings. The van der Waals surface area contributed by atoms with Crippen molar-refractivity contribution in [3.8, 4) is 0 Å². The van der Waals surface area contributed by atoms with E-state index in [0.29, 0.717) is 12.8 Å². The second-order valence-electron chi connectivity index (χ2n) is 5.23. The molecule has 2 atom stereocenters. The number of amides is 1. The van der Waals surface area contributed by atoms with Gasteiger partial charge in [0.2, 0.25) is 5.91 Å². The van der Waals surface area contributed by atoms with Gasteiger partial charge in [0.25, 0.3) is 0 Å². The van der Waals surface area contributed by atoms with Crippen LogP contribution in [0.1, 0.15) is 38.7 Å². The largest absolute Gasteiger partial charge is 0.481 e. The van der Waals surface area contributed by atoms with Gasteiger partial charge in [-0.2, -0.15) is 0 Å². The number of nitrogens with two attached hydrogens (primary N) is 1. The van der Waals surface area contributed by atoms with E-state index in [2.05, 4.69) is 5.32 Å². The molecule has 0 heterocycles. The average Bonchev–Trinajstić information content (AvgIpc) is 2.39. The van der Waals surface area contributed by atoms with Crippen molar-refractivity contribution in [1.29, 1.82) is 0 Å². The lowest BCUT2D eigenvalue weighted by Gasteiger charge is -2.26. The van der Waals surface area contributed by atoms with Crippen LogP contribution in [0.25, 0.3) is 0 Å². The normalized spacial score (nSPS) is 15.2. The SMILES string of the molecule is CC(CCCC(=O)O)NC(=O)C(C)(N)c1ccccc1. The number of hydrogen-bond acceptors (Lipinski definition) is 3. The second kappa shape index (κ2) is 7.05. The molecule has 0 aliphatic heterocycles. The van der Waals surface area contributed by atoms with Gasteiger partial charge in [0.15, 0.2) is 0 Å². The van der Waals surface area contributed by atoms with Gasteiger partial charge in [-0.15, -0.1) is 0 Å². The number of aliphatic carboxylic acids is 1. The highest BCUT2D eigenvalue weighted by Crippen LogP contribution is 2.17. The third-order valence-corrected chi connectivity index (χ3v) is 3.25. The Morgan fingerprint density at radius 2 is 1.95 bits per heavy atom. The van der Waals surface area contributed by atoms with E-state index in [-0.39, 0.29) is 18.4 Å². The summed E-state index contributed by atoms with van der Waals surface area (Å²) in [4.78, 5) is 22.7. The molecule has 4 N–H and O–H groups in total. The summed E-state index contributed by atoms with van der Waals surface area (Å²) in [6.07, 6.45) is 1.26. The third kappa shape index (κ3) is 4.66. The number of carbonyl (C=O) groups is 2. The molecule has 2 unspecified atom stereocenters. The first-order valence-corrected chi connectivity index (χ1v) is 6.71. The van der Waals surface area contributed by atoms with Crippen molar-refractivity contribution < 1.29 is 14.7 Å². The van der Waals surface area contributed by atoms with Crippen LogP contribution in [0.3, 0.4) is 0 Å². The number of carboxylic acids is 1. The number of nitrogens with one attached hydrogen (secondary N) is 1. The van der Waals surface area contributed by atoms with Gasteiger partial charge in [0.1, 0.15) is 5.54 Å². The first-order valence-electron chi connectivity index (χ1n) is 6.71. The second-order valence-corrected chi connectivity index (χ2v) is 5.23. The Kier molecular flexibility index (Phi) is 5.70. The van der Waals surface area contributed by atoms with Crippen LogP contribution in [0, 0.1) is 0 Å². The molecule has 1 amide bonds. The minimum Gasteiger partial charge on any atom is -0.481 e. The van der Waals surface area contributed by atoms with Crippen LogP contribution in [-0.4, -0.2) is 23.0 Å². The van der Waals surface area contributed by atoms with Crippen LogP contribution in [0.5, 0.6) is 0 Å². The maximum atomic E-state index is 12.2. The Morgan fingerprint density at radius 1 is 1.35 bits per heavy atom. The lowest BCUT2D eigenvalue weighted by atomic mass is 9.92. The molecule has 1 aromatic rings. The molecule has 0 aliphatic rings. The van der Waals surface area contributed by atoms with Crippen molar-refractivity contribution in [3.05, 3.63) is 35.9 Å². The molecule has 0 spiro atoms. The van der Waals surface area contributed by atoms with Gasteiger partial charge in [-0.05, 0) is 32.3 Å². The number of benzene rings is 1. The van der Waals surface area contributed by atoms with Crippen LogP contribution < -0.4 is 11.1 Å². The van der Waals surface area contributed by atoms with E-state index in [1.54, 1.807) is 6.92 Å². The zero-order valence-corrected chi connectivity index (χ0v) is 11.9. The third-order valence-electron chi connectivity index (χ3n) is 3.25. The van der Waals surface area contributed by atoms with E-state index in [0.717, 1.165) is 5.56 Å². The molecule has 20 heavy (non-hydrogen) atoms. The molecule has 0 aliphatic carbocycles. The minimum atomic E-state index is -1.09. The summed E-state index contributed by atoms with van der Waals surface area (Å²) in [6.45, 7) is 3.52. The highest BCUT2D eigenvalue weighted by molar-refractivity contribution is 5.87. The smallest absolute Gasteiger partial charge is 0.303 e. The Morgan fingerprint density at radius 3 is 2.50 bits per heavy atom. The lowest BCUT2D eigenvalue weighted by molar-refractivity contribution is -0.137. The molecule has 110 valence electrons. The predicted octanol–water partition coefficient (Wildman–Crippen LogP) is 1.62. The van der Waals surface area contributed by atoms with Crippen LogP contribution in [0.4, 0.5) is 0 Å². The summed E-state index contributed by atoms with van der Waals surface area (Å²) >= 11 is 0. The summed E-state index contributed by atoms with van der Waals surface area (Å²) in [7, 11) is 0. The first kappa shape index (κ1) is 16.2. The van der Waals surface area contributed by atoms with Gasteiger partial charge in [0.05, 0.1) is 0 Å². The minimum absolute atomic E-state index is 0.103. The summed E-state index contributed by atoms with van der Waals surface area (Å²) in [5.41, 5.74) is 5.75. The highest BCUT2D eigenvalue weighted by atomic mass is 16.4. The lowest BCUT2D eigenvalue weighted by Crippen LogP contribution is -2.51. The standard InChI is InChI=1S/C15H22N2O3/c1-11(7-6-10-13(18)19)17-14(20)15(2,16)12-8-4-3-5-9-12/h3-5,8-9,11H,6-7,10,16H2,1-2H3,(H,17,20)(H,18,19). The zero-order valence-electron chi connectivity index (χ0n) is 11.9.